The van der Waals surface area contributed by atoms with Crippen LogP contribution in [0.3, 0.4) is 0 Å². The second kappa shape index (κ2) is 5.28. The highest BCUT2D eigenvalue weighted by molar-refractivity contribution is 6.32. The van der Waals surface area contributed by atoms with Crippen LogP contribution in [0.1, 0.15) is 32.3 Å². The lowest BCUT2D eigenvalue weighted by molar-refractivity contribution is 0.122. The van der Waals surface area contributed by atoms with Crippen LogP contribution in [0.2, 0.25) is 5.02 Å². The molecule has 1 fully saturated rings. The van der Waals surface area contributed by atoms with Gasteiger partial charge in [0, 0.05) is 12.6 Å². The zero-order valence-electron chi connectivity index (χ0n) is 10.5. The quantitative estimate of drug-likeness (QED) is 0.870. The third kappa shape index (κ3) is 2.93. The molecule has 1 aromatic rings. The first-order valence-electron chi connectivity index (χ1n) is 6.28. The molecule has 0 spiro atoms. The molecule has 1 saturated heterocycles. The lowest BCUT2D eigenvalue weighted by Crippen LogP contribution is -2.39. The monoisotopic (exact) mass is 253 g/mol. The van der Waals surface area contributed by atoms with E-state index in [0.717, 1.165) is 24.6 Å². The van der Waals surface area contributed by atoms with Gasteiger partial charge in [-0.25, -0.2) is 0 Å². The summed E-state index contributed by atoms with van der Waals surface area (Å²) in [6.07, 6.45) is 2.50. The number of phenolic OH excluding ortho intramolecular Hbond substituents is 1. The van der Waals surface area contributed by atoms with Gasteiger partial charge in [0.15, 0.2) is 0 Å². The van der Waals surface area contributed by atoms with E-state index in [2.05, 4.69) is 18.7 Å². The van der Waals surface area contributed by atoms with Crippen LogP contribution < -0.4 is 0 Å². The van der Waals surface area contributed by atoms with E-state index in [1.165, 1.54) is 12.8 Å². The second-order valence-corrected chi connectivity index (χ2v) is 5.58. The molecular weight excluding hydrogens is 234 g/mol. The van der Waals surface area contributed by atoms with Gasteiger partial charge in [-0.2, -0.15) is 0 Å². The maximum absolute atomic E-state index is 9.59. The van der Waals surface area contributed by atoms with E-state index >= 15 is 0 Å². The van der Waals surface area contributed by atoms with E-state index in [-0.39, 0.29) is 5.75 Å². The highest BCUT2D eigenvalue weighted by Crippen LogP contribution is 2.30. The molecule has 1 aliphatic heterocycles. The molecule has 1 N–H and O–H groups in total. The second-order valence-electron chi connectivity index (χ2n) is 5.20. The standard InChI is InChI=1S/C14H20ClNO/c1-10-6-7-16(11(2)8-10)9-12-4-3-5-13(17)14(12)15/h3-5,10-11,17H,6-9H2,1-2H3/t10-,11-/m1/s1. The average molecular weight is 254 g/mol. The Hall–Kier alpha value is -0.730. The van der Waals surface area contributed by atoms with Crippen LogP contribution in [0.25, 0.3) is 0 Å². The highest BCUT2D eigenvalue weighted by Gasteiger charge is 2.23. The Morgan fingerprint density at radius 3 is 2.88 bits per heavy atom. The average Bonchev–Trinajstić information content (AvgIpc) is 2.28. The maximum atomic E-state index is 9.59. The normalized spacial score (nSPS) is 26.1. The van der Waals surface area contributed by atoms with Crippen LogP contribution >= 0.6 is 11.6 Å². The largest absolute Gasteiger partial charge is 0.506 e. The van der Waals surface area contributed by atoms with Crippen molar-refractivity contribution in [1.82, 2.24) is 4.90 Å². The molecule has 3 heteroatoms. The number of halogens is 1. The van der Waals surface area contributed by atoms with Gasteiger partial charge < -0.3 is 5.11 Å². The first-order chi connectivity index (χ1) is 8.08. The van der Waals surface area contributed by atoms with Gasteiger partial charge in [0.05, 0.1) is 5.02 Å². The Morgan fingerprint density at radius 2 is 2.18 bits per heavy atom. The van der Waals surface area contributed by atoms with E-state index in [0.29, 0.717) is 11.1 Å². The van der Waals surface area contributed by atoms with E-state index in [1.807, 2.05) is 12.1 Å². The zero-order valence-corrected chi connectivity index (χ0v) is 11.2. The minimum atomic E-state index is 0.183. The Kier molecular flexibility index (Phi) is 3.95. The van der Waals surface area contributed by atoms with Crippen LogP contribution in [0.15, 0.2) is 18.2 Å². The van der Waals surface area contributed by atoms with Crippen molar-refractivity contribution in [2.45, 2.75) is 39.3 Å². The predicted molar refractivity (Wildman–Crippen MR) is 71.4 cm³/mol. The number of hydrogen-bond donors (Lipinski definition) is 1. The molecule has 2 rings (SSSR count). The number of benzene rings is 1. The Labute approximate surface area is 108 Å². The lowest BCUT2D eigenvalue weighted by atomic mass is 9.93. The molecule has 1 aliphatic rings. The molecule has 0 amide bonds. The smallest absolute Gasteiger partial charge is 0.134 e. The number of phenols is 1. The molecule has 0 bridgehead atoms. The van der Waals surface area contributed by atoms with Gasteiger partial charge in [-0.1, -0.05) is 30.7 Å². The summed E-state index contributed by atoms with van der Waals surface area (Å²) in [6.45, 7) is 6.54. The van der Waals surface area contributed by atoms with Crippen molar-refractivity contribution in [1.29, 1.82) is 0 Å². The highest BCUT2D eigenvalue weighted by atomic mass is 35.5. The molecular formula is C14H20ClNO. The lowest BCUT2D eigenvalue weighted by Gasteiger charge is -2.36. The molecule has 0 unspecified atom stereocenters. The fourth-order valence-corrected chi connectivity index (χ4v) is 2.78. The maximum Gasteiger partial charge on any atom is 0.134 e. The van der Waals surface area contributed by atoms with Crippen molar-refractivity contribution >= 4 is 11.6 Å². The number of nitrogens with zero attached hydrogens (tertiary/aromatic N) is 1. The van der Waals surface area contributed by atoms with Crippen LogP contribution in [-0.4, -0.2) is 22.6 Å². The van der Waals surface area contributed by atoms with E-state index in [1.54, 1.807) is 6.07 Å². The van der Waals surface area contributed by atoms with Gasteiger partial charge in [0.1, 0.15) is 5.75 Å². The minimum Gasteiger partial charge on any atom is -0.506 e. The molecule has 0 radical (unpaired) electrons. The molecule has 94 valence electrons. The van der Waals surface area contributed by atoms with Crippen LogP contribution in [-0.2, 0) is 6.54 Å². The molecule has 0 aromatic heterocycles. The fourth-order valence-electron chi connectivity index (χ4n) is 2.60. The fraction of sp³-hybridized carbons (Fsp3) is 0.571. The zero-order chi connectivity index (χ0) is 12.4. The molecule has 0 saturated carbocycles. The van der Waals surface area contributed by atoms with Crippen molar-refractivity contribution in [2.24, 2.45) is 5.92 Å². The van der Waals surface area contributed by atoms with E-state index < -0.39 is 0 Å². The van der Waals surface area contributed by atoms with Gasteiger partial charge in [0.25, 0.3) is 0 Å². The van der Waals surface area contributed by atoms with Gasteiger partial charge in [-0.05, 0) is 43.9 Å². The van der Waals surface area contributed by atoms with Crippen LogP contribution in [0, 0.1) is 5.92 Å². The van der Waals surface area contributed by atoms with E-state index in [4.69, 9.17) is 11.6 Å². The SMILES string of the molecule is C[C@@H]1CCN(Cc2cccc(O)c2Cl)[C@H](C)C1. The number of hydrogen-bond acceptors (Lipinski definition) is 2. The summed E-state index contributed by atoms with van der Waals surface area (Å²) in [6, 6.07) is 6.07. The van der Waals surface area contributed by atoms with E-state index in [9.17, 15) is 5.11 Å². The molecule has 1 heterocycles. The van der Waals surface area contributed by atoms with Gasteiger partial charge >= 0.3 is 0 Å². The van der Waals surface area contributed by atoms with Crippen molar-refractivity contribution < 1.29 is 5.11 Å². The van der Waals surface area contributed by atoms with Crippen LogP contribution in [0.5, 0.6) is 5.75 Å². The number of likely N-dealkylation sites (tertiary alicyclic amines) is 1. The van der Waals surface area contributed by atoms with Crippen molar-refractivity contribution in [2.75, 3.05) is 6.54 Å². The summed E-state index contributed by atoms with van der Waals surface area (Å²) in [5.41, 5.74) is 1.02. The summed E-state index contributed by atoms with van der Waals surface area (Å²) in [7, 11) is 0. The molecule has 2 atom stereocenters. The van der Waals surface area contributed by atoms with Gasteiger partial charge in [0.2, 0.25) is 0 Å². The van der Waals surface area contributed by atoms with Crippen molar-refractivity contribution in [3.05, 3.63) is 28.8 Å². The summed E-state index contributed by atoms with van der Waals surface area (Å²) < 4.78 is 0. The van der Waals surface area contributed by atoms with Gasteiger partial charge in [-0.15, -0.1) is 0 Å². The summed E-state index contributed by atoms with van der Waals surface area (Å²) in [5, 5.41) is 10.1. The van der Waals surface area contributed by atoms with Crippen LogP contribution in [0.4, 0.5) is 0 Å². The minimum absolute atomic E-state index is 0.183. The topological polar surface area (TPSA) is 23.5 Å². The summed E-state index contributed by atoms with van der Waals surface area (Å²) >= 11 is 6.11. The molecule has 2 nitrogen and oxygen atoms in total. The summed E-state index contributed by atoms with van der Waals surface area (Å²) in [5.74, 6) is 1.00. The third-order valence-electron chi connectivity index (χ3n) is 3.71. The molecule has 17 heavy (non-hydrogen) atoms. The Bertz CT molecular complexity index is 394. The Morgan fingerprint density at radius 1 is 1.41 bits per heavy atom. The van der Waals surface area contributed by atoms with Gasteiger partial charge in [-0.3, -0.25) is 4.90 Å². The van der Waals surface area contributed by atoms with Crippen molar-refractivity contribution in [3.63, 3.8) is 0 Å². The first kappa shape index (κ1) is 12.7. The molecule has 0 aliphatic carbocycles. The molecule has 1 aromatic carbocycles. The number of rotatable bonds is 2. The number of piperidine rings is 1. The van der Waals surface area contributed by atoms with Crippen molar-refractivity contribution in [3.8, 4) is 5.75 Å². The third-order valence-corrected chi connectivity index (χ3v) is 4.14. The summed E-state index contributed by atoms with van der Waals surface area (Å²) in [4.78, 5) is 2.45. The first-order valence-corrected chi connectivity index (χ1v) is 6.66. The number of aromatic hydroxyl groups is 1. The Balaban J connectivity index is 2.08. The predicted octanol–water partition coefficient (Wildman–Crippen LogP) is 3.67.